The number of carbonyl (C=O) groups excluding carboxylic acids is 1. The van der Waals surface area contributed by atoms with E-state index in [1.165, 1.54) is 33.1 Å². The second kappa shape index (κ2) is 10.7. The highest BCUT2D eigenvalue weighted by Crippen LogP contribution is 2.64. The van der Waals surface area contributed by atoms with Gasteiger partial charge in [-0.1, -0.05) is 114 Å². The van der Waals surface area contributed by atoms with Crippen LogP contribution in [0.1, 0.15) is 117 Å². The Morgan fingerprint density at radius 1 is 0.917 bits per heavy atom. The molecule has 5 heteroatoms. The van der Waals surface area contributed by atoms with Crippen LogP contribution >= 0.6 is 7.92 Å². The van der Waals surface area contributed by atoms with Crippen LogP contribution in [0.4, 0.5) is 0 Å². The number of nitrogens with zero attached hydrogens (tertiary/aromatic N) is 1. The van der Waals surface area contributed by atoms with E-state index >= 15 is 0 Å². The van der Waals surface area contributed by atoms with Gasteiger partial charge in [-0.2, -0.15) is 0 Å². The first-order valence-electron chi connectivity index (χ1n) is 13.4. The van der Waals surface area contributed by atoms with E-state index in [0.717, 1.165) is 0 Å². The molecular weight excluding hydrogens is 463 g/mol. The van der Waals surface area contributed by atoms with Crippen molar-refractivity contribution in [2.75, 3.05) is 0 Å². The predicted octanol–water partition coefficient (Wildman–Crippen LogP) is 8.39. The van der Waals surface area contributed by atoms with Crippen LogP contribution in [0.15, 0.2) is 41.7 Å². The van der Waals surface area contributed by atoms with Gasteiger partial charge in [0.25, 0.3) is 0 Å². The molecule has 1 aliphatic heterocycles. The lowest BCUT2D eigenvalue weighted by atomic mass is 9.82. The van der Waals surface area contributed by atoms with Crippen molar-refractivity contribution in [2.45, 2.75) is 116 Å². The second-order valence-electron chi connectivity index (χ2n) is 12.5. The molecule has 2 aromatic carbocycles. The van der Waals surface area contributed by atoms with E-state index in [2.05, 4.69) is 116 Å². The number of nitroso groups, excluding NO2 is 1. The maximum absolute atomic E-state index is 13.0. The Morgan fingerprint density at radius 3 is 1.97 bits per heavy atom. The largest absolute Gasteiger partial charge is 0.300 e. The highest BCUT2D eigenvalue weighted by atomic mass is 31.1. The topological polar surface area (TPSA) is 58.5 Å². The summed E-state index contributed by atoms with van der Waals surface area (Å²) in [6.07, 6.45) is 0.842. The van der Waals surface area contributed by atoms with Crippen LogP contribution in [0.3, 0.4) is 0 Å². The second-order valence-corrected chi connectivity index (χ2v) is 16.1. The summed E-state index contributed by atoms with van der Waals surface area (Å²) in [4.78, 5) is 24.4. The Hall–Kier alpha value is -2.06. The summed E-state index contributed by atoms with van der Waals surface area (Å²) in [5.41, 5.74) is 9.57. The molecule has 3 rings (SSSR count). The Morgan fingerprint density at radius 2 is 1.47 bits per heavy atom. The molecule has 1 heterocycles. The molecule has 0 amide bonds. The van der Waals surface area contributed by atoms with Gasteiger partial charge in [-0.3, -0.25) is 10.2 Å². The van der Waals surface area contributed by atoms with Gasteiger partial charge in [0.15, 0.2) is 0 Å². The van der Waals surface area contributed by atoms with Crippen LogP contribution in [-0.2, 0) is 4.79 Å². The van der Waals surface area contributed by atoms with Crippen molar-refractivity contribution in [2.24, 2.45) is 5.29 Å². The Kier molecular flexibility index (Phi) is 8.50. The molecule has 1 fully saturated rings. The normalized spacial score (nSPS) is 21.6. The number of rotatable bonds is 7. The molecule has 0 spiro atoms. The lowest BCUT2D eigenvalue weighted by Gasteiger charge is -2.47. The van der Waals surface area contributed by atoms with Gasteiger partial charge >= 0.3 is 0 Å². The molecule has 1 saturated heterocycles. The average molecular weight is 509 g/mol. The standard InChI is InChI=1S/C31H45N2O2P/c1-19(2)22-15-25(20(3)4)29(26(16-22)21(5)6)24-13-11-12-14-27(24)36-30(7,8)18-23(34)17-28(32-33-35)31(36,9)10/h11-16,19-21,28H,17-18H2,1-10H3,(H,32,35). The van der Waals surface area contributed by atoms with Crippen LogP contribution in [0.2, 0.25) is 0 Å². The fraction of sp³-hybridized carbons (Fsp3) is 0.581. The molecule has 0 radical (unpaired) electrons. The zero-order chi connectivity index (χ0) is 27.0. The van der Waals surface area contributed by atoms with E-state index in [4.69, 9.17) is 0 Å². The molecule has 0 aromatic heterocycles. The molecule has 2 atom stereocenters. The van der Waals surface area contributed by atoms with Crippen molar-refractivity contribution in [1.29, 1.82) is 0 Å². The molecule has 1 N–H and O–H groups in total. The minimum absolute atomic E-state index is 0.198. The van der Waals surface area contributed by atoms with Gasteiger partial charge in [-0.15, -0.1) is 4.91 Å². The van der Waals surface area contributed by atoms with E-state index in [-0.39, 0.29) is 22.1 Å². The molecule has 0 saturated carbocycles. The van der Waals surface area contributed by atoms with E-state index in [1.807, 2.05) is 0 Å². The first-order valence-corrected chi connectivity index (χ1v) is 14.7. The van der Waals surface area contributed by atoms with Crippen molar-refractivity contribution in [3.63, 3.8) is 0 Å². The van der Waals surface area contributed by atoms with Crippen LogP contribution in [-0.4, -0.2) is 22.1 Å². The van der Waals surface area contributed by atoms with Crippen molar-refractivity contribution < 1.29 is 4.79 Å². The summed E-state index contributed by atoms with van der Waals surface area (Å²) in [5, 5.41) is 3.82. The lowest BCUT2D eigenvalue weighted by molar-refractivity contribution is -0.119. The molecule has 2 unspecified atom stereocenters. The van der Waals surface area contributed by atoms with Gasteiger partial charge in [-0.25, -0.2) is 0 Å². The molecule has 0 bridgehead atoms. The summed E-state index contributed by atoms with van der Waals surface area (Å²) >= 11 is 0. The maximum Gasteiger partial charge on any atom is 0.135 e. The fourth-order valence-electron chi connectivity index (χ4n) is 6.10. The molecule has 2 aromatic rings. The quantitative estimate of drug-likeness (QED) is 0.232. The predicted molar refractivity (Wildman–Crippen MR) is 156 cm³/mol. The smallest absolute Gasteiger partial charge is 0.135 e. The minimum atomic E-state index is -0.868. The highest BCUT2D eigenvalue weighted by molar-refractivity contribution is 7.69. The summed E-state index contributed by atoms with van der Waals surface area (Å²) in [6, 6.07) is 13.4. The molecule has 0 aliphatic carbocycles. The molecule has 196 valence electrons. The molecule has 1 aliphatic rings. The van der Waals surface area contributed by atoms with Gasteiger partial charge in [0.2, 0.25) is 0 Å². The number of carbonyl (C=O) groups is 1. The van der Waals surface area contributed by atoms with E-state index < -0.39 is 7.92 Å². The zero-order valence-electron chi connectivity index (χ0n) is 23.9. The van der Waals surface area contributed by atoms with Crippen LogP contribution in [0, 0.1) is 4.91 Å². The summed E-state index contributed by atoms with van der Waals surface area (Å²) in [6.45, 7) is 22.6. The number of hydrogen-bond acceptors (Lipinski definition) is 3. The maximum atomic E-state index is 13.0. The first kappa shape index (κ1) is 28.5. The molecule has 4 nitrogen and oxygen atoms in total. The number of benzene rings is 2. The third kappa shape index (κ3) is 5.44. The number of Topliss-reactive ketones (excluding diaryl/α,β-unsaturated/α-hetero) is 1. The van der Waals surface area contributed by atoms with E-state index in [1.54, 1.807) is 0 Å². The van der Waals surface area contributed by atoms with Crippen LogP contribution < -0.4 is 10.7 Å². The van der Waals surface area contributed by atoms with Crippen LogP contribution in [0.25, 0.3) is 11.1 Å². The third-order valence-electron chi connectivity index (χ3n) is 7.85. The fourth-order valence-corrected chi connectivity index (χ4v) is 10.4. The number of ketones is 1. The molecule has 36 heavy (non-hydrogen) atoms. The Labute approximate surface area is 219 Å². The SMILES string of the molecule is CC(C)c1cc(C(C)C)c(-c2ccccc2P2C(C)(C)CC(=O)CC(NN=O)C2(C)C)c(C(C)C)c1. The third-order valence-corrected chi connectivity index (χ3v) is 11.6. The number of hydrogen-bond donors (Lipinski definition) is 1. The van der Waals surface area contributed by atoms with E-state index in [9.17, 15) is 9.70 Å². The van der Waals surface area contributed by atoms with Crippen molar-refractivity contribution in [3.8, 4) is 11.1 Å². The van der Waals surface area contributed by atoms with Crippen molar-refractivity contribution >= 4 is 19.0 Å². The van der Waals surface area contributed by atoms with Crippen molar-refractivity contribution in [3.05, 3.63) is 58.0 Å². The number of nitrogens with one attached hydrogen (secondary N) is 1. The summed E-state index contributed by atoms with van der Waals surface area (Å²) in [5.74, 6) is 1.41. The van der Waals surface area contributed by atoms with Gasteiger partial charge < -0.3 is 0 Å². The van der Waals surface area contributed by atoms with Crippen LogP contribution in [0.5, 0.6) is 0 Å². The Balaban J connectivity index is 2.39. The van der Waals surface area contributed by atoms with E-state index in [0.29, 0.717) is 30.6 Å². The zero-order valence-corrected chi connectivity index (χ0v) is 24.8. The van der Waals surface area contributed by atoms with Gasteiger partial charge in [0.05, 0.1) is 6.04 Å². The summed E-state index contributed by atoms with van der Waals surface area (Å²) in [7, 11) is -0.868. The molecular formula is C31H45N2O2P. The van der Waals surface area contributed by atoms with Gasteiger partial charge in [0, 0.05) is 23.3 Å². The van der Waals surface area contributed by atoms with Gasteiger partial charge in [0.1, 0.15) is 5.78 Å². The Bertz CT molecular complexity index is 1090. The minimum Gasteiger partial charge on any atom is -0.300 e. The first-order chi connectivity index (χ1) is 16.7. The highest BCUT2D eigenvalue weighted by Gasteiger charge is 2.50. The average Bonchev–Trinajstić information content (AvgIpc) is 2.83. The monoisotopic (exact) mass is 508 g/mol. The van der Waals surface area contributed by atoms with Gasteiger partial charge in [-0.05, 0) is 56.0 Å². The summed E-state index contributed by atoms with van der Waals surface area (Å²) < 4.78 is 0. The lowest BCUT2D eigenvalue weighted by Crippen LogP contribution is -2.47. The van der Waals surface area contributed by atoms with Crippen molar-refractivity contribution in [1.82, 2.24) is 5.43 Å².